The van der Waals surface area contributed by atoms with Crippen molar-refractivity contribution < 1.29 is 19.7 Å². The van der Waals surface area contributed by atoms with E-state index in [-0.39, 0.29) is 10.8 Å². The summed E-state index contributed by atoms with van der Waals surface area (Å²) < 4.78 is 11.3. The number of methoxy groups -OCH3 is 2. The van der Waals surface area contributed by atoms with Crippen LogP contribution >= 0.6 is 0 Å². The maximum atomic E-state index is 11.8. The fourth-order valence-corrected chi connectivity index (χ4v) is 10.1. The zero-order valence-corrected chi connectivity index (χ0v) is 23.2. The molecule has 0 aliphatic heterocycles. The molecule has 4 aliphatic carbocycles. The second kappa shape index (κ2) is 9.24. The molecule has 4 nitrogen and oxygen atoms in total. The van der Waals surface area contributed by atoms with E-state index in [9.17, 15) is 10.2 Å². The van der Waals surface area contributed by atoms with Gasteiger partial charge in [-0.25, -0.2) is 0 Å². The van der Waals surface area contributed by atoms with Gasteiger partial charge in [-0.2, -0.15) is 0 Å². The summed E-state index contributed by atoms with van der Waals surface area (Å²) >= 11 is 0. The van der Waals surface area contributed by atoms with Crippen LogP contribution in [0.2, 0.25) is 0 Å². The predicted molar refractivity (Wildman–Crippen MR) is 148 cm³/mol. The Bertz CT molecular complexity index is 1140. The van der Waals surface area contributed by atoms with Crippen molar-refractivity contribution in [2.24, 2.45) is 40.4 Å². The van der Waals surface area contributed by atoms with Crippen LogP contribution in [0.4, 0.5) is 0 Å². The standard InChI is InChI=1S/C33H46O4/c1-31(35)15-16-33(20-36-3)24(19-31)8-10-26-27-11-12-29(32(27,2)14-13-28(26)33)30(34)23-6-5-22-18-25(37-4)9-7-21(22)17-23/h5-7,9,17-18,24,26-30,34-35H,8,10-16,19-20H2,1-4H3/t24-,26-,27-,28-,29+,30?,31+,32-,33+/m0/s1. The lowest BCUT2D eigenvalue weighted by Crippen LogP contribution is -2.58. The van der Waals surface area contributed by atoms with E-state index in [0.29, 0.717) is 23.7 Å². The number of rotatable bonds is 5. The normalized spacial score (nSPS) is 42.1. The summed E-state index contributed by atoms with van der Waals surface area (Å²) in [6, 6.07) is 12.6. The number of ether oxygens (including phenoxy) is 2. The van der Waals surface area contributed by atoms with Gasteiger partial charge in [-0.05, 0) is 140 Å². The molecule has 0 amide bonds. The van der Waals surface area contributed by atoms with Crippen LogP contribution < -0.4 is 4.74 Å². The smallest absolute Gasteiger partial charge is 0.119 e. The first-order chi connectivity index (χ1) is 17.7. The number of aliphatic hydroxyl groups is 2. The van der Waals surface area contributed by atoms with Gasteiger partial charge in [0.1, 0.15) is 5.75 Å². The summed E-state index contributed by atoms with van der Waals surface area (Å²) in [6.07, 6.45) is 9.76. The van der Waals surface area contributed by atoms with E-state index in [1.54, 1.807) is 7.11 Å². The van der Waals surface area contributed by atoms with E-state index >= 15 is 0 Å². The van der Waals surface area contributed by atoms with Gasteiger partial charge < -0.3 is 19.7 Å². The van der Waals surface area contributed by atoms with Gasteiger partial charge >= 0.3 is 0 Å². The summed E-state index contributed by atoms with van der Waals surface area (Å²) in [6.45, 7) is 5.38. The zero-order chi connectivity index (χ0) is 26.0. The maximum Gasteiger partial charge on any atom is 0.119 e. The van der Waals surface area contributed by atoms with Gasteiger partial charge in [-0.1, -0.05) is 25.1 Å². The van der Waals surface area contributed by atoms with Crippen LogP contribution in [0.1, 0.15) is 83.3 Å². The number of hydrogen-bond acceptors (Lipinski definition) is 4. The van der Waals surface area contributed by atoms with Gasteiger partial charge in [0.25, 0.3) is 0 Å². The van der Waals surface area contributed by atoms with Crippen molar-refractivity contribution in [3.8, 4) is 5.75 Å². The van der Waals surface area contributed by atoms with Gasteiger partial charge in [0.05, 0.1) is 25.4 Å². The van der Waals surface area contributed by atoms with Gasteiger partial charge in [0.2, 0.25) is 0 Å². The number of hydrogen-bond donors (Lipinski definition) is 2. The summed E-state index contributed by atoms with van der Waals surface area (Å²) in [7, 11) is 3.57. The highest BCUT2D eigenvalue weighted by Crippen LogP contribution is 2.69. The van der Waals surface area contributed by atoms with Crippen molar-refractivity contribution in [3.63, 3.8) is 0 Å². The van der Waals surface area contributed by atoms with Gasteiger partial charge in [0, 0.05) is 7.11 Å². The lowest BCUT2D eigenvalue weighted by atomic mass is 9.43. The Balaban J connectivity index is 1.26. The van der Waals surface area contributed by atoms with Crippen molar-refractivity contribution in [3.05, 3.63) is 42.0 Å². The molecule has 2 aromatic rings. The van der Waals surface area contributed by atoms with Crippen LogP contribution in [0, 0.1) is 40.4 Å². The number of aliphatic hydroxyl groups excluding tert-OH is 1. The molecule has 37 heavy (non-hydrogen) atoms. The van der Waals surface area contributed by atoms with Crippen LogP contribution in [-0.4, -0.2) is 36.6 Å². The molecule has 202 valence electrons. The quantitative estimate of drug-likeness (QED) is 0.462. The Morgan fingerprint density at radius 1 is 0.892 bits per heavy atom. The molecule has 2 N–H and O–H groups in total. The number of fused-ring (bicyclic) bond motifs is 6. The predicted octanol–water partition coefficient (Wildman–Crippen LogP) is 6.92. The van der Waals surface area contributed by atoms with Gasteiger partial charge in [-0.3, -0.25) is 0 Å². The van der Waals surface area contributed by atoms with Gasteiger partial charge in [0.15, 0.2) is 0 Å². The Kier molecular flexibility index (Phi) is 6.41. The minimum absolute atomic E-state index is 0.177. The molecule has 1 unspecified atom stereocenters. The maximum absolute atomic E-state index is 11.8. The van der Waals surface area contributed by atoms with E-state index in [2.05, 4.69) is 37.3 Å². The molecule has 0 bridgehead atoms. The summed E-state index contributed by atoms with van der Waals surface area (Å²) in [5.41, 5.74) is 0.931. The molecule has 2 aromatic carbocycles. The van der Waals surface area contributed by atoms with E-state index < -0.39 is 11.7 Å². The first-order valence-electron chi connectivity index (χ1n) is 14.7. The lowest BCUT2D eigenvalue weighted by molar-refractivity contribution is -0.177. The largest absolute Gasteiger partial charge is 0.497 e. The molecule has 0 heterocycles. The Hall–Kier alpha value is -1.62. The van der Waals surface area contributed by atoms with Gasteiger partial charge in [-0.15, -0.1) is 0 Å². The summed E-state index contributed by atoms with van der Waals surface area (Å²) in [4.78, 5) is 0. The van der Waals surface area contributed by atoms with E-state index in [1.165, 1.54) is 32.1 Å². The zero-order valence-electron chi connectivity index (χ0n) is 23.2. The molecule has 9 atom stereocenters. The number of benzene rings is 2. The van der Waals surface area contributed by atoms with Crippen LogP contribution in [-0.2, 0) is 4.74 Å². The average Bonchev–Trinajstić information content (AvgIpc) is 3.25. The molecule has 0 saturated heterocycles. The second-order valence-corrected chi connectivity index (χ2v) is 13.7. The minimum Gasteiger partial charge on any atom is -0.497 e. The van der Waals surface area contributed by atoms with Crippen molar-refractivity contribution >= 4 is 10.8 Å². The minimum atomic E-state index is -0.522. The third-order valence-electron chi connectivity index (χ3n) is 11.9. The highest BCUT2D eigenvalue weighted by molar-refractivity contribution is 5.84. The van der Waals surface area contributed by atoms with Crippen LogP contribution in [0.15, 0.2) is 36.4 Å². The Labute approximate surface area is 222 Å². The average molecular weight is 507 g/mol. The lowest BCUT2D eigenvalue weighted by Gasteiger charge is -2.62. The molecule has 0 aromatic heterocycles. The Morgan fingerprint density at radius 2 is 1.68 bits per heavy atom. The molecule has 6 rings (SSSR count). The van der Waals surface area contributed by atoms with Crippen molar-refractivity contribution in [1.29, 1.82) is 0 Å². The van der Waals surface area contributed by atoms with Crippen LogP contribution in [0.5, 0.6) is 5.75 Å². The highest BCUT2D eigenvalue weighted by Gasteiger charge is 2.63. The topological polar surface area (TPSA) is 58.9 Å². The SMILES string of the molecule is COC[C@]12CC[C@@](C)(O)C[C@@H]1CC[C@H]1[C@@H]3CC[C@H](C(O)c4ccc5cc(OC)ccc5c4)[C@@]3(C)CC[C@@H]12. The summed E-state index contributed by atoms with van der Waals surface area (Å²) in [5, 5.41) is 25.0. The second-order valence-electron chi connectivity index (χ2n) is 13.7. The third-order valence-corrected chi connectivity index (χ3v) is 11.9. The Morgan fingerprint density at radius 3 is 2.46 bits per heavy atom. The molecule has 4 fully saturated rings. The molecule has 4 saturated carbocycles. The fourth-order valence-electron chi connectivity index (χ4n) is 10.1. The molecule has 4 heteroatoms. The summed E-state index contributed by atoms with van der Waals surface area (Å²) in [5.74, 6) is 3.82. The van der Waals surface area contributed by atoms with E-state index in [4.69, 9.17) is 9.47 Å². The first kappa shape index (κ1) is 25.6. The van der Waals surface area contributed by atoms with E-state index in [0.717, 1.165) is 60.3 Å². The molecule has 0 spiro atoms. The molecule has 4 aliphatic rings. The van der Waals surface area contributed by atoms with Crippen LogP contribution in [0.25, 0.3) is 10.8 Å². The van der Waals surface area contributed by atoms with Crippen molar-refractivity contribution in [2.75, 3.05) is 20.8 Å². The molecular formula is C33H46O4. The van der Waals surface area contributed by atoms with Crippen molar-refractivity contribution in [2.45, 2.75) is 83.3 Å². The van der Waals surface area contributed by atoms with Crippen molar-refractivity contribution in [1.82, 2.24) is 0 Å². The first-order valence-corrected chi connectivity index (χ1v) is 14.7. The van der Waals surface area contributed by atoms with E-state index in [1.807, 2.05) is 20.1 Å². The van der Waals surface area contributed by atoms with Crippen LogP contribution in [0.3, 0.4) is 0 Å². The highest BCUT2D eigenvalue weighted by atomic mass is 16.5. The fraction of sp³-hybridized carbons (Fsp3) is 0.697. The molecule has 0 radical (unpaired) electrons. The monoisotopic (exact) mass is 506 g/mol. The third kappa shape index (κ3) is 4.05. The molecular weight excluding hydrogens is 460 g/mol.